The maximum absolute atomic E-state index is 11.8. The zero-order valence-electron chi connectivity index (χ0n) is 21.3. The minimum absolute atomic E-state index is 0.0329. The molecule has 1 unspecified atom stereocenters. The summed E-state index contributed by atoms with van der Waals surface area (Å²) in [6.07, 6.45) is -0.0263. The zero-order valence-corrected chi connectivity index (χ0v) is 21.3. The summed E-state index contributed by atoms with van der Waals surface area (Å²) in [6.45, 7) is 16.0. The number of H-pyrrole nitrogens is 1. The molecule has 0 spiro atoms. The molecule has 0 aromatic carbocycles. The third-order valence-corrected chi connectivity index (χ3v) is 5.71. The molecule has 1 atom stereocenters. The van der Waals surface area contributed by atoms with E-state index >= 15 is 0 Å². The van der Waals surface area contributed by atoms with Gasteiger partial charge < -0.3 is 26.5 Å². The fourth-order valence-corrected chi connectivity index (χ4v) is 3.96. The van der Waals surface area contributed by atoms with Crippen LogP contribution in [-0.4, -0.2) is 46.9 Å². The molecule has 11 nitrogen and oxygen atoms in total. The third-order valence-electron chi connectivity index (χ3n) is 5.71. The molecule has 3 aromatic rings. The first-order valence-electron chi connectivity index (χ1n) is 11.7. The van der Waals surface area contributed by atoms with Crippen molar-refractivity contribution in [1.82, 2.24) is 29.5 Å². The number of rotatable bonds is 4. The molecular formula is C23H37N9O2. The van der Waals surface area contributed by atoms with E-state index in [1.165, 1.54) is 0 Å². The van der Waals surface area contributed by atoms with Crippen molar-refractivity contribution in [2.24, 2.45) is 0 Å². The van der Waals surface area contributed by atoms with Gasteiger partial charge in [-0.1, -0.05) is 27.7 Å². The van der Waals surface area contributed by atoms with E-state index < -0.39 is 6.23 Å². The van der Waals surface area contributed by atoms with Crippen molar-refractivity contribution in [3.63, 3.8) is 0 Å². The van der Waals surface area contributed by atoms with Crippen LogP contribution in [0.3, 0.4) is 0 Å². The highest BCUT2D eigenvalue weighted by molar-refractivity contribution is 5.81. The van der Waals surface area contributed by atoms with Crippen LogP contribution in [0, 0.1) is 0 Å². The Hall–Kier alpha value is -3.21. The number of nitrogens with two attached hydrogens (primary N) is 2. The van der Waals surface area contributed by atoms with Crippen molar-refractivity contribution in [2.45, 2.75) is 92.0 Å². The number of nitrogen functional groups attached to an aromatic ring is 2. The lowest BCUT2D eigenvalue weighted by Gasteiger charge is -2.27. The van der Waals surface area contributed by atoms with E-state index in [1.807, 2.05) is 60.3 Å². The third kappa shape index (κ3) is 4.70. The van der Waals surface area contributed by atoms with Gasteiger partial charge in [0, 0.05) is 35.9 Å². The number of nitrogens with zero attached hydrogens (tertiary/aromatic N) is 6. The second-order valence-electron chi connectivity index (χ2n) is 9.82. The molecule has 0 amide bonds. The fraction of sp³-hybridized carbons (Fsp3) is 0.609. The predicted molar refractivity (Wildman–Crippen MR) is 135 cm³/mol. The first kappa shape index (κ1) is 25.4. The van der Waals surface area contributed by atoms with E-state index in [-0.39, 0.29) is 29.6 Å². The highest BCUT2D eigenvalue weighted by atomic mass is 16.3. The summed E-state index contributed by atoms with van der Waals surface area (Å²) in [4.78, 5) is 33.9. The van der Waals surface area contributed by atoms with Crippen LogP contribution < -0.4 is 22.1 Å². The Morgan fingerprint density at radius 1 is 0.882 bits per heavy atom. The van der Waals surface area contributed by atoms with Crippen LogP contribution in [0.1, 0.15) is 90.5 Å². The van der Waals surface area contributed by atoms with E-state index in [0.29, 0.717) is 35.0 Å². The molecule has 0 fully saturated rings. The van der Waals surface area contributed by atoms with Crippen molar-refractivity contribution in [2.75, 3.05) is 16.4 Å². The number of aliphatic hydroxyl groups is 1. The van der Waals surface area contributed by atoms with E-state index in [4.69, 9.17) is 11.5 Å². The van der Waals surface area contributed by atoms with E-state index in [0.717, 1.165) is 17.2 Å². The zero-order chi connectivity index (χ0) is 25.5. The minimum Gasteiger partial charge on any atom is -0.383 e. The number of hydrogen-bond donors (Lipinski definition) is 4. The van der Waals surface area contributed by atoms with Gasteiger partial charge in [0.1, 0.15) is 35.0 Å². The van der Waals surface area contributed by atoms with Crippen LogP contribution in [0.4, 0.5) is 17.5 Å². The van der Waals surface area contributed by atoms with Crippen molar-refractivity contribution < 1.29 is 5.11 Å². The molecule has 4 rings (SSSR count). The maximum atomic E-state index is 11.8. The highest BCUT2D eigenvalue weighted by Gasteiger charge is 2.33. The van der Waals surface area contributed by atoms with Gasteiger partial charge in [0.2, 0.25) is 0 Å². The summed E-state index contributed by atoms with van der Waals surface area (Å²) in [5.41, 5.74) is 13.6. The van der Waals surface area contributed by atoms with Gasteiger partial charge in [-0.2, -0.15) is 0 Å². The molecule has 11 heteroatoms. The molecule has 1 aliphatic rings. The fourth-order valence-electron chi connectivity index (χ4n) is 3.96. The summed E-state index contributed by atoms with van der Waals surface area (Å²) in [5, 5.41) is 10.0. The van der Waals surface area contributed by atoms with Crippen molar-refractivity contribution >= 4 is 28.6 Å². The summed E-state index contributed by atoms with van der Waals surface area (Å²) in [5.74, 6) is 3.42. The van der Waals surface area contributed by atoms with Crippen LogP contribution in [0.2, 0.25) is 0 Å². The number of anilines is 3. The first-order chi connectivity index (χ1) is 15.8. The summed E-state index contributed by atoms with van der Waals surface area (Å²) >= 11 is 0. The van der Waals surface area contributed by atoms with Gasteiger partial charge in [-0.15, -0.1) is 0 Å². The second-order valence-corrected chi connectivity index (χ2v) is 9.82. The van der Waals surface area contributed by atoms with E-state index in [9.17, 15) is 9.90 Å². The van der Waals surface area contributed by atoms with E-state index in [1.54, 1.807) is 4.57 Å². The van der Waals surface area contributed by atoms with Gasteiger partial charge in [0.25, 0.3) is 0 Å². The van der Waals surface area contributed by atoms with Crippen LogP contribution in [-0.2, 0) is 6.42 Å². The number of aromatic nitrogens is 6. The van der Waals surface area contributed by atoms with Gasteiger partial charge in [0.05, 0.1) is 0 Å². The first-order valence-corrected chi connectivity index (χ1v) is 11.7. The summed E-state index contributed by atoms with van der Waals surface area (Å²) in [7, 11) is 0. The molecule has 186 valence electrons. The molecule has 0 saturated carbocycles. The Morgan fingerprint density at radius 2 is 1.44 bits per heavy atom. The Balaban J connectivity index is 0.000000191. The monoisotopic (exact) mass is 471 g/mol. The number of imidazole rings is 1. The smallest absolute Gasteiger partial charge is 0.328 e. The Labute approximate surface area is 199 Å². The molecule has 6 N–H and O–H groups in total. The van der Waals surface area contributed by atoms with Crippen LogP contribution in [0.5, 0.6) is 0 Å². The van der Waals surface area contributed by atoms with E-state index in [2.05, 4.69) is 24.9 Å². The van der Waals surface area contributed by atoms with Crippen LogP contribution in [0.15, 0.2) is 4.79 Å². The normalized spacial score (nSPS) is 15.6. The van der Waals surface area contributed by atoms with Gasteiger partial charge in [-0.3, -0.25) is 4.57 Å². The molecule has 3 aromatic heterocycles. The molecule has 0 radical (unpaired) electrons. The lowest BCUT2D eigenvalue weighted by atomic mass is 10.2. The minimum atomic E-state index is -0.538. The molecule has 4 heterocycles. The van der Waals surface area contributed by atoms with Gasteiger partial charge in [0.15, 0.2) is 11.5 Å². The standard InChI is InChI=1S/C12H20N4O.C11H17N5O/c1-6(2)11-14-10(13)8-5-9(17)16(7(3)4)12(8)15-11;1-5(2)9-14-8(12)7-10(15-9)16(6(3)4)11(17)13-7/h6-7,9,17H,5H2,1-4H3,(H2,13,14,15);5-6H,1-4H3,(H,13,17)(H2,12,14,15). The molecule has 34 heavy (non-hydrogen) atoms. The summed E-state index contributed by atoms with van der Waals surface area (Å²) in [6, 6.07) is 0.228. The second kappa shape index (κ2) is 9.57. The molecule has 0 saturated heterocycles. The summed E-state index contributed by atoms with van der Waals surface area (Å²) < 4.78 is 1.60. The van der Waals surface area contributed by atoms with Crippen molar-refractivity contribution in [3.8, 4) is 0 Å². The number of nitrogens with one attached hydrogen (secondary N) is 1. The Kier molecular flexibility index (Phi) is 7.15. The highest BCUT2D eigenvalue weighted by Crippen LogP contribution is 2.35. The maximum Gasteiger partial charge on any atom is 0.328 e. The van der Waals surface area contributed by atoms with Crippen molar-refractivity contribution in [3.05, 3.63) is 27.7 Å². The number of hydrogen-bond acceptors (Lipinski definition) is 9. The molecular weight excluding hydrogens is 434 g/mol. The number of fused-ring (bicyclic) bond motifs is 2. The molecule has 0 bridgehead atoms. The largest absolute Gasteiger partial charge is 0.383 e. The average Bonchev–Trinajstić information content (AvgIpc) is 3.24. The van der Waals surface area contributed by atoms with Crippen LogP contribution in [0.25, 0.3) is 11.2 Å². The molecule has 1 aliphatic heterocycles. The quantitative estimate of drug-likeness (QED) is 0.447. The number of aliphatic hydroxyl groups excluding tert-OH is 1. The van der Waals surface area contributed by atoms with Gasteiger partial charge in [-0.05, 0) is 27.7 Å². The lowest BCUT2D eigenvalue weighted by molar-refractivity contribution is 0.171. The molecule has 0 aliphatic carbocycles. The van der Waals surface area contributed by atoms with Gasteiger partial charge in [-0.25, -0.2) is 24.7 Å². The topological polar surface area (TPSA) is 165 Å². The predicted octanol–water partition coefficient (Wildman–Crippen LogP) is 2.68. The lowest BCUT2D eigenvalue weighted by Crippen LogP contribution is -2.38. The Morgan fingerprint density at radius 3 is 1.97 bits per heavy atom. The Bertz CT molecular complexity index is 1230. The number of aromatic amines is 1. The van der Waals surface area contributed by atoms with Crippen LogP contribution >= 0.6 is 0 Å². The SMILES string of the molecule is CC(C)c1nc(N)c2[nH]c(=O)n(C(C)C)c2n1.CC(C)c1nc(N)c2c(n1)N(C(C)C)C(O)C2. The van der Waals surface area contributed by atoms with Gasteiger partial charge >= 0.3 is 5.69 Å². The average molecular weight is 472 g/mol. The van der Waals surface area contributed by atoms with Crippen molar-refractivity contribution in [1.29, 1.82) is 0 Å².